The normalized spacial score (nSPS) is 13.8. The van der Waals surface area contributed by atoms with Crippen LogP contribution in [0.5, 0.6) is 0 Å². The average molecular weight is 216 g/mol. The van der Waals surface area contributed by atoms with Crippen molar-refractivity contribution < 1.29 is 5.11 Å². The summed E-state index contributed by atoms with van der Waals surface area (Å²) in [6, 6.07) is 0.582. The van der Waals surface area contributed by atoms with Crippen LogP contribution in [0.4, 0.5) is 0 Å². The van der Waals surface area contributed by atoms with E-state index in [4.69, 9.17) is 5.11 Å². The lowest BCUT2D eigenvalue weighted by Crippen LogP contribution is -2.39. The number of aliphatic hydroxyl groups is 1. The first-order chi connectivity index (χ1) is 7.06. The quantitative estimate of drug-likeness (QED) is 0.571. The molecule has 1 atom stereocenters. The zero-order valence-corrected chi connectivity index (χ0v) is 10.8. The summed E-state index contributed by atoms with van der Waals surface area (Å²) in [4.78, 5) is 2.23. The fourth-order valence-electron chi connectivity index (χ4n) is 1.78. The smallest absolute Gasteiger partial charge is 0.0431 e. The van der Waals surface area contributed by atoms with Gasteiger partial charge in [-0.3, -0.25) is 0 Å². The van der Waals surface area contributed by atoms with Crippen molar-refractivity contribution in [1.82, 2.24) is 10.2 Å². The summed E-state index contributed by atoms with van der Waals surface area (Å²) in [6.45, 7) is 6.95. The van der Waals surface area contributed by atoms with Gasteiger partial charge in [-0.05, 0) is 45.8 Å². The Labute approximate surface area is 94.9 Å². The van der Waals surface area contributed by atoms with Crippen LogP contribution in [0, 0.1) is 5.92 Å². The van der Waals surface area contributed by atoms with Gasteiger partial charge in [0.1, 0.15) is 0 Å². The highest BCUT2D eigenvalue weighted by Crippen LogP contribution is 2.05. The van der Waals surface area contributed by atoms with Crippen molar-refractivity contribution in [2.24, 2.45) is 5.92 Å². The maximum absolute atomic E-state index is 8.69. The molecule has 0 aliphatic carbocycles. The fraction of sp³-hybridized carbons (Fsp3) is 1.00. The van der Waals surface area contributed by atoms with E-state index in [1.165, 1.54) is 6.42 Å². The molecule has 0 rings (SSSR count). The maximum atomic E-state index is 8.69. The molecule has 0 saturated carbocycles. The van der Waals surface area contributed by atoms with Gasteiger partial charge < -0.3 is 15.3 Å². The second-order valence-corrected chi connectivity index (χ2v) is 4.97. The summed E-state index contributed by atoms with van der Waals surface area (Å²) in [5, 5.41) is 12.3. The first kappa shape index (κ1) is 14.9. The van der Waals surface area contributed by atoms with Gasteiger partial charge in [-0.15, -0.1) is 0 Å². The molecule has 2 N–H and O–H groups in total. The highest BCUT2D eigenvalue weighted by molar-refractivity contribution is 4.71. The van der Waals surface area contributed by atoms with Gasteiger partial charge in [0.15, 0.2) is 0 Å². The van der Waals surface area contributed by atoms with E-state index in [2.05, 4.69) is 38.2 Å². The van der Waals surface area contributed by atoms with Crippen LogP contribution in [0.15, 0.2) is 0 Å². The van der Waals surface area contributed by atoms with E-state index >= 15 is 0 Å². The SMILES string of the molecule is CC(C)CC(CN(C)C)NCCCCO. The summed E-state index contributed by atoms with van der Waals surface area (Å²) >= 11 is 0. The number of aliphatic hydroxyl groups excluding tert-OH is 1. The number of likely N-dealkylation sites (N-methyl/N-ethyl adjacent to an activating group) is 1. The van der Waals surface area contributed by atoms with Gasteiger partial charge in [-0.25, -0.2) is 0 Å². The second kappa shape index (κ2) is 9.13. The van der Waals surface area contributed by atoms with E-state index in [0.717, 1.165) is 31.8 Å². The molecule has 0 aliphatic rings. The van der Waals surface area contributed by atoms with Crippen molar-refractivity contribution in [2.75, 3.05) is 33.8 Å². The number of rotatable bonds is 9. The van der Waals surface area contributed by atoms with Crippen LogP contribution < -0.4 is 5.32 Å². The second-order valence-electron chi connectivity index (χ2n) is 4.97. The van der Waals surface area contributed by atoms with Gasteiger partial charge in [0.25, 0.3) is 0 Å². The molecule has 0 heterocycles. The number of hydrogen-bond donors (Lipinski definition) is 2. The molecule has 3 nitrogen and oxygen atoms in total. The standard InChI is InChI=1S/C12H28N2O/c1-11(2)9-12(10-14(3)4)13-7-5-6-8-15/h11-13,15H,5-10H2,1-4H3. The summed E-state index contributed by atoms with van der Waals surface area (Å²) in [5.41, 5.74) is 0. The molecule has 15 heavy (non-hydrogen) atoms. The lowest BCUT2D eigenvalue weighted by atomic mass is 10.0. The van der Waals surface area contributed by atoms with Crippen LogP contribution in [0.25, 0.3) is 0 Å². The summed E-state index contributed by atoms with van der Waals surface area (Å²) in [5.74, 6) is 0.736. The van der Waals surface area contributed by atoms with Crippen molar-refractivity contribution >= 4 is 0 Å². The summed E-state index contributed by atoms with van der Waals surface area (Å²) < 4.78 is 0. The first-order valence-electron chi connectivity index (χ1n) is 6.05. The minimum Gasteiger partial charge on any atom is -0.396 e. The van der Waals surface area contributed by atoms with Gasteiger partial charge in [0.2, 0.25) is 0 Å². The Morgan fingerprint density at radius 3 is 2.33 bits per heavy atom. The molecule has 0 aromatic heterocycles. The van der Waals surface area contributed by atoms with Gasteiger partial charge in [-0.1, -0.05) is 13.8 Å². The maximum Gasteiger partial charge on any atom is 0.0431 e. The lowest BCUT2D eigenvalue weighted by molar-refractivity contribution is 0.275. The molecular weight excluding hydrogens is 188 g/mol. The third-order valence-electron chi connectivity index (χ3n) is 2.36. The monoisotopic (exact) mass is 216 g/mol. The predicted octanol–water partition coefficient (Wildman–Crippen LogP) is 1.32. The van der Waals surface area contributed by atoms with E-state index in [-0.39, 0.29) is 0 Å². The van der Waals surface area contributed by atoms with Crippen LogP contribution in [0.2, 0.25) is 0 Å². The minimum atomic E-state index is 0.310. The lowest BCUT2D eigenvalue weighted by Gasteiger charge is -2.24. The molecule has 0 spiro atoms. The van der Waals surface area contributed by atoms with Crippen molar-refractivity contribution in [3.05, 3.63) is 0 Å². The first-order valence-corrected chi connectivity index (χ1v) is 6.05. The molecule has 0 aliphatic heterocycles. The fourth-order valence-corrected chi connectivity index (χ4v) is 1.78. The molecule has 0 bridgehead atoms. The van der Waals surface area contributed by atoms with Gasteiger partial charge in [0, 0.05) is 19.2 Å². The number of nitrogens with zero attached hydrogens (tertiary/aromatic N) is 1. The van der Waals surface area contributed by atoms with Crippen LogP contribution >= 0.6 is 0 Å². The molecule has 0 saturated heterocycles. The Hall–Kier alpha value is -0.120. The summed E-state index contributed by atoms with van der Waals surface area (Å²) in [7, 11) is 4.23. The van der Waals surface area contributed by atoms with Gasteiger partial charge >= 0.3 is 0 Å². The largest absolute Gasteiger partial charge is 0.396 e. The Kier molecular flexibility index (Phi) is 9.06. The van der Waals surface area contributed by atoms with Crippen molar-refractivity contribution in [2.45, 2.75) is 39.2 Å². The Morgan fingerprint density at radius 1 is 1.20 bits per heavy atom. The molecule has 0 radical (unpaired) electrons. The third kappa shape index (κ3) is 10.2. The predicted molar refractivity (Wildman–Crippen MR) is 66.1 cm³/mol. The van der Waals surface area contributed by atoms with E-state index in [1.54, 1.807) is 0 Å². The molecular formula is C12H28N2O. The topological polar surface area (TPSA) is 35.5 Å². The molecule has 0 fully saturated rings. The van der Waals surface area contributed by atoms with Crippen LogP contribution in [0.3, 0.4) is 0 Å². The van der Waals surface area contributed by atoms with E-state index in [0.29, 0.717) is 12.6 Å². The minimum absolute atomic E-state index is 0.310. The van der Waals surface area contributed by atoms with Crippen LogP contribution in [0.1, 0.15) is 33.1 Å². The average Bonchev–Trinajstić information content (AvgIpc) is 2.10. The molecule has 3 heteroatoms. The van der Waals surface area contributed by atoms with E-state index in [9.17, 15) is 0 Å². The van der Waals surface area contributed by atoms with Crippen LogP contribution in [-0.4, -0.2) is 49.8 Å². The van der Waals surface area contributed by atoms with Crippen LogP contribution in [-0.2, 0) is 0 Å². The highest BCUT2D eigenvalue weighted by atomic mass is 16.2. The Bertz CT molecular complexity index is 128. The zero-order chi connectivity index (χ0) is 11.7. The zero-order valence-electron chi connectivity index (χ0n) is 10.8. The molecule has 92 valence electrons. The molecule has 1 unspecified atom stereocenters. The van der Waals surface area contributed by atoms with E-state index < -0.39 is 0 Å². The van der Waals surface area contributed by atoms with E-state index in [1.807, 2.05) is 0 Å². The molecule has 0 amide bonds. The molecule has 0 aromatic carbocycles. The van der Waals surface area contributed by atoms with Crippen molar-refractivity contribution in [3.8, 4) is 0 Å². The number of unbranched alkanes of at least 4 members (excludes halogenated alkanes) is 1. The Morgan fingerprint density at radius 2 is 1.87 bits per heavy atom. The Balaban J connectivity index is 3.69. The van der Waals surface area contributed by atoms with Gasteiger partial charge in [0.05, 0.1) is 0 Å². The summed E-state index contributed by atoms with van der Waals surface area (Å²) in [6.07, 6.45) is 3.19. The van der Waals surface area contributed by atoms with Crippen molar-refractivity contribution in [3.63, 3.8) is 0 Å². The van der Waals surface area contributed by atoms with Crippen molar-refractivity contribution in [1.29, 1.82) is 0 Å². The number of hydrogen-bond acceptors (Lipinski definition) is 3. The highest BCUT2D eigenvalue weighted by Gasteiger charge is 2.10. The van der Waals surface area contributed by atoms with Gasteiger partial charge in [-0.2, -0.15) is 0 Å². The number of nitrogens with one attached hydrogen (secondary N) is 1. The third-order valence-corrected chi connectivity index (χ3v) is 2.36. The molecule has 0 aromatic rings.